The maximum atomic E-state index is 13.4. The van der Waals surface area contributed by atoms with Crippen molar-refractivity contribution in [2.75, 3.05) is 16.2 Å². The summed E-state index contributed by atoms with van der Waals surface area (Å²) < 4.78 is 41.2. The lowest BCUT2D eigenvalue weighted by Crippen LogP contribution is -2.31. The molecule has 3 aromatic carbocycles. The molecule has 1 N–H and O–H groups in total. The summed E-state index contributed by atoms with van der Waals surface area (Å²) in [7, 11) is -3.93. The number of nitrogens with zero attached hydrogens (tertiary/aromatic N) is 1. The molecule has 3 rings (SSSR count). The molecule has 0 unspecified atom stereocenters. The maximum Gasteiger partial charge on any atom is 0.266 e. The first-order chi connectivity index (χ1) is 13.4. The van der Waals surface area contributed by atoms with Gasteiger partial charge in [0.25, 0.3) is 15.9 Å². The lowest BCUT2D eigenvalue weighted by Gasteiger charge is -2.24. The molecular formula is C21H19FN2O3S. The average molecular weight is 398 g/mol. The minimum Gasteiger partial charge on any atom is -0.321 e. The second kappa shape index (κ2) is 8.22. The highest BCUT2D eigenvalue weighted by molar-refractivity contribution is 7.93. The van der Waals surface area contributed by atoms with Crippen molar-refractivity contribution in [3.8, 4) is 0 Å². The lowest BCUT2D eigenvalue weighted by molar-refractivity contribution is 0.102. The van der Waals surface area contributed by atoms with Gasteiger partial charge in [0.1, 0.15) is 10.7 Å². The zero-order valence-electron chi connectivity index (χ0n) is 15.2. The summed E-state index contributed by atoms with van der Waals surface area (Å²) >= 11 is 0. The first-order valence-electron chi connectivity index (χ1n) is 8.67. The second-order valence-corrected chi connectivity index (χ2v) is 7.80. The Hall–Kier alpha value is -3.19. The number of rotatable bonds is 6. The van der Waals surface area contributed by atoms with Gasteiger partial charge in [-0.15, -0.1) is 0 Å². The van der Waals surface area contributed by atoms with E-state index in [2.05, 4.69) is 5.32 Å². The van der Waals surface area contributed by atoms with Gasteiger partial charge in [-0.25, -0.2) is 12.8 Å². The van der Waals surface area contributed by atoms with Gasteiger partial charge in [0.05, 0.1) is 11.4 Å². The van der Waals surface area contributed by atoms with E-state index in [9.17, 15) is 17.6 Å². The molecule has 0 radical (unpaired) electrons. The molecule has 0 aromatic heterocycles. The fraction of sp³-hybridized carbons (Fsp3) is 0.0952. The Morgan fingerprint density at radius 2 is 1.64 bits per heavy atom. The quantitative estimate of drug-likeness (QED) is 0.673. The van der Waals surface area contributed by atoms with Crippen molar-refractivity contribution in [1.29, 1.82) is 0 Å². The van der Waals surface area contributed by atoms with Crippen LogP contribution in [0.15, 0.2) is 83.8 Å². The predicted molar refractivity (Wildman–Crippen MR) is 107 cm³/mol. The van der Waals surface area contributed by atoms with Crippen molar-refractivity contribution in [2.24, 2.45) is 0 Å². The molecule has 0 fully saturated rings. The van der Waals surface area contributed by atoms with Crippen LogP contribution < -0.4 is 9.62 Å². The third-order valence-electron chi connectivity index (χ3n) is 4.12. The molecule has 0 heterocycles. The molecule has 0 saturated heterocycles. The number of anilines is 2. The average Bonchev–Trinajstić information content (AvgIpc) is 2.69. The molecule has 0 aliphatic carbocycles. The van der Waals surface area contributed by atoms with Crippen molar-refractivity contribution in [2.45, 2.75) is 11.8 Å². The lowest BCUT2D eigenvalue weighted by atomic mass is 10.2. The molecular weight excluding hydrogens is 379 g/mol. The number of nitrogens with one attached hydrogen (secondary N) is 1. The minimum atomic E-state index is -3.93. The second-order valence-electron chi connectivity index (χ2n) is 5.97. The normalized spacial score (nSPS) is 11.1. The summed E-state index contributed by atoms with van der Waals surface area (Å²) in [5.74, 6) is -1.14. The fourth-order valence-electron chi connectivity index (χ4n) is 2.82. The van der Waals surface area contributed by atoms with Crippen LogP contribution in [0.2, 0.25) is 0 Å². The van der Waals surface area contributed by atoms with E-state index in [4.69, 9.17) is 0 Å². The first-order valence-corrected chi connectivity index (χ1v) is 10.1. The van der Waals surface area contributed by atoms with Gasteiger partial charge in [-0.3, -0.25) is 9.10 Å². The highest BCUT2D eigenvalue weighted by Gasteiger charge is 2.26. The van der Waals surface area contributed by atoms with E-state index in [-0.39, 0.29) is 22.7 Å². The van der Waals surface area contributed by atoms with Gasteiger partial charge in [-0.2, -0.15) is 0 Å². The monoisotopic (exact) mass is 398 g/mol. The van der Waals surface area contributed by atoms with Gasteiger partial charge in [-0.1, -0.05) is 36.4 Å². The Bertz CT molecular complexity index is 1090. The van der Waals surface area contributed by atoms with E-state index >= 15 is 0 Å². The summed E-state index contributed by atoms with van der Waals surface area (Å²) in [6.45, 7) is 1.96. The predicted octanol–water partition coefficient (Wildman–Crippen LogP) is 4.29. The molecule has 0 aliphatic heterocycles. The maximum absolute atomic E-state index is 13.4. The Balaban J connectivity index is 1.98. The largest absolute Gasteiger partial charge is 0.321 e. The van der Waals surface area contributed by atoms with Crippen LogP contribution in [-0.2, 0) is 10.0 Å². The Morgan fingerprint density at radius 1 is 0.964 bits per heavy atom. The number of benzene rings is 3. The van der Waals surface area contributed by atoms with Gasteiger partial charge in [0, 0.05) is 12.1 Å². The number of carbonyl (C=O) groups excluding carboxylic acids is 1. The number of amides is 1. The molecule has 28 heavy (non-hydrogen) atoms. The SMILES string of the molecule is CCN(c1ccccc1)S(=O)(=O)c1ccccc1NC(=O)c1cccc(F)c1. The minimum absolute atomic E-state index is 0.0366. The molecule has 0 spiro atoms. The van der Waals surface area contributed by atoms with E-state index in [1.165, 1.54) is 34.6 Å². The van der Waals surface area contributed by atoms with E-state index in [1.54, 1.807) is 49.4 Å². The third kappa shape index (κ3) is 4.04. The van der Waals surface area contributed by atoms with Crippen LogP contribution in [0.5, 0.6) is 0 Å². The van der Waals surface area contributed by atoms with Crippen molar-refractivity contribution in [3.63, 3.8) is 0 Å². The standard InChI is InChI=1S/C21H19FN2O3S/c1-2-24(18-11-4-3-5-12-18)28(26,27)20-14-7-6-13-19(20)23-21(25)16-9-8-10-17(22)15-16/h3-15H,2H2,1H3,(H,23,25). The van der Waals surface area contributed by atoms with Gasteiger partial charge in [0.15, 0.2) is 0 Å². The number of carbonyl (C=O) groups is 1. The number of sulfonamides is 1. The number of hydrogen-bond acceptors (Lipinski definition) is 3. The van der Waals surface area contributed by atoms with E-state index < -0.39 is 21.7 Å². The van der Waals surface area contributed by atoms with Crippen LogP contribution in [0.4, 0.5) is 15.8 Å². The van der Waals surface area contributed by atoms with Crippen molar-refractivity contribution in [1.82, 2.24) is 0 Å². The van der Waals surface area contributed by atoms with Crippen molar-refractivity contribution >= 4 is 27.3 Å². The van der Waals surface area contributed by atoms with Gasteiger partial charge >= 0.3 is 0 Å². The van der Waals surface area contributed by atoms with Crippen LogP contribution in [-0.4, -0.2) is 20.9 Å². The fourth-order valence-corrected chi connectivity index (χ4v) is 4.45. The highest BCUT2D eigenvalue weighted by atomic mass is 32.2. The van der Waals surface area contributed by atoms with Gasteiger partial charge < -0.3 is 5.32 Å². The summed E-state index contributed by atoms with van der Waals surface area (Å²) in [4.78, 5) is 12.4. The molecule has 3 aromatic rings. The summed E-state index contributed by atoms with van der Waals surface area (Å²) in [6, 6.07) is 20.1. The Labute approximate surface area is 163 Å². The molecule has 7 heteroatoms. The Morgan fingerprint density at radius 3 is 2.32 bits per heavy atom. The molecule has 0 aliphatic rings. The zero-order valence-corrected chi connectivity index (χ0v) is 16.0. The van der Waals surface area contributed by atoms with E-state index in [0.29, 0.717) is 5.69 Å². The van der Waals surface area contributed by atoms with Crippen molar-refractivity contribution in [3.05, 3.63) is 90.2 Å². The molecule has 1 amide bonds. The van der Waals surface area contributed by atoms with Gasteiger partial charge in [0.2, 0.25) is 0 Å². The summed E-state index contributed by atoms with van der Waals surface area (Å²) in [6.07, 6.45) is 0. The first kappa shape index (κ1) is 19.6. The molecule has 0 atom stereocenters. The van der Waals surface area contributed by atoms with Crippen LogP contribution in [0.25, 0.3) is 0 Å². The Kier molecular flexibility index (Phi) is 5.75. The van der Waals surface area contributed by atoms with Crippen LogP contribution in [0.1, 0.15) is 17.3 Å². The number of para-hydroxylation sites is 2. The molecule has 0 bridgehead atoms. The number of hydrogen-bond donors (Lipinski definition) is 1. The smallest absolute Gasteiger partial charge is 0.266 e. The third-order valence-corrected chi connectivity index (χ3v) is 6.08. The van der Waals surface area contributed by atoms with Crippen LogP contribution in [0, 0.1) is 5.82 Å². The zero-order chi connectivity index (χ0) is 20.1. The van der Waals surface area contributed by atoms with E-state index in [1.807, 2.05) is 0 Å². The van der Waals surface area contributed by atoms with Crippen LogP contribution in [0.3, 0.4) is 0 Å². The molecule has 0 saturated carbocycles. The molecule has 144 valence electrons. The van der Waals surface area contributed by atoms with Gasteiger partial charge in [-0.05, 0) is 49.4 Å². The van der Waals surface area contributed by atoms with Crippen molar-refractivity contribution < 1.29 is 17.6 Å². The van der Waals surface area contributed by atoms with E-state index in [0.717, 1.165) is 6.07 Å². The van der Waals surface area contributed by atoms with Crippen LogP contribution >= 0.6 is 0 Å². The summed E-state index contributed by atoms with van der Waals surface area (Å²) in [5, 5.41) is 2.58. The highest BCUT2D eigenvalue weighted by Crippen LogP contribution is 2.28. The topological polar surface area (TPSA) is 66.5 Å². The molecule has 5 nitrogen and oxygen atoms in total. The number of halogens is 1. The summed E-state index contributed by atoms with van der Waals surface area (Å²) in [5.41, 5.74) is 0.755.